The van der Waals surface area contributed by atoms with Crippen molar-refractivity contribution in [2.45, 2.75) is 51.0 Å². The maximum atomic E-state index is 12.7. The standard InChI is InChI=1S/C22H29NO6S/c1-5-18(15-22(3,30(4,26)27)21(25)28-6-2)23-13-12-19(14-20(23)24)29-16-17-10-8-7-9-11-17/h7-14,18H,5-6,15-16H2,1-4H3. The predicted molar refractivity (Wildman–Crippen MR) is 115 cm³/mol. The number of aromatic nitrogens is 1. The van der Waals surface area contributed by atoms with E-state index in [9.17, 15) is 18.0 Å². The normalized spacial score (nSPS) is 14.5. The van der Waals surface area contributed by atoms with E-state index in [4.69, 9.17) is 9.47 Å². The summed E-state index contributed by atoms with van der Waals surface area (Å²) in [5.74, 6) is -0.381. The molecule has 0 bridgehead atoms. The minimum absolute atomic E-state index is 0.0642. The summed E-state index contributed by atoms with van der Waals surface area (Å²) in [7, 11) is -3.77. The minimum Gasteiger partial charge on any atom is -0.489 e. The molecule has 1 aromatic heterocycles. The summed E-state index contributed by atoms with van der Waals surface area (Å²) >= 11 is 0. The molecule has 164 valence electrons. The van der Waals surface area contributed by atoms with Gasteiger partial charge in [-0.25, -0.2) is 8.42 Å². The molecule has 0 aliphatic heterocycles. The Labute approximate surface area is 177 Å². The van der Waals surface area contributed by atoms with E-state index in [1.165, 1.54) is 17.6 Å². The lowest BCUT2D eigenvalue weighted by atomic mass is 9.98. The van der Waals surface area contributed by atoms with Gasteiger partial charge in [0.1, 0.15) is 12.4 Å². The molecule has 0 N–H and O–H groups in total. The molecule has 0 saturated heterocycles. The van der Waals surface area contributed by atoms with E-state index in [0.717, 1.165) is 11.8 Å². The Balaban J connectivity index is 2.25. The largest absolute Gasteiger partial charge is 0.489 e. The van der Waals surface area contributed by atoms with Crippen molar-refractivity contribution in [2.75, 3.05) is 12.9 Å². The zero-order valence-corrected chi connectivity index (χ0v) is 18.6. The van der Waals surface area contributed by atoms with Crippen molar-refractivity contribution in [1.29, 1.82) is 0 Å². The van der Waals surface area contributed by atoms with Crippen molar-refractivity contribution in [3.8, 4) is 5.75 Å². The fourth-order valence-electron chi connectivity index (χ4n) is 3.16. The van der Waals surface area contributed by atoms with E-state index in [0.29, 0.717) is 18.8 Å². The van der Waals surface area contributed by atoms with Gasteiger partial charge < -0.3 is 14.0 Å². The van der Waals surface area contributed by atoms with Crippen molar-refractivity contribution in [2.24, 2.45) is 0 Å². The van der Waals surface area contributed by atoms with Crippen LogP contribution in [0.1, 0.15) is 45.2 Å². The lowest BCUT2D eigenvalue weighted by Crippen LogP contribution is -2.46. The number of esters is 1. The summed E-state index contributed by atoms with van der Waals surface area (Å²) in [4.78, 5) is 25.1. The number of carbonyl (C=O) groups excluding carboxylic acids is 1. The van der Waals surface area contributed by atoms with Gasteiger partial charge in [-0.05, 0) is 38.3 Å². The van der Waals surface area contributed by atoms with Crippen LogP contribution < -0.4 is 10.3 Å². The molecule has 2 rings (SSSR count). The van der Waals surface area contributed by atoms with Crippen molar-refractivity contribution < 1.29 is 22.7 Å². The molecule has 2 unspecified atom stereocenters. The molecular formula is C22H29NO6S. The first kappa shape index (κ1) is 23.7. The van der Waals surface area contributed by atoms with Crippen LogP contribution in [0.15, 0.2) is 53.5 Å². The van der Waals surface area contributed by atoms with Gasteiger partial charge in [-0.3, -0.25) is 9.59 Å². The number of carbonyl (C=O) groups is 1. The highest BCUT2D eigenvalue weighted by molar-refractivity contribution is 7.92. The second-order valence-electron chi connectivity index (χ2n) is 7.37. The molecular weight excluding hydrogens is 406 g/mol. The number of nitrogens with zero attached hydrogens (tertiary/aromatic N) is 1. The topological polar surface area (TPSA) is 91.7 Å². The molecule has 0 amide bonds. The highest BCUT2D eigenvalue weighted by Crippen LogP contribution is 2.31. The molecule has 1 aromatic carbocycles. The molecule has 0 aliphatic carbocycles. The highest BCUT2D eigenvalue weighted by atomic mass is 32.2. The maximum Gasteiger partial charge on any atom is 0.327 e. The highest BCUT2D eigenvalue weighted by Gasteiger charge is 2.46. The number of sulfone groups is 1. The zero-order chi connectivity index (χ0) is 22.4. The SMILES string of the molecule is CCOC(=O)C(C)(CC(CC)n1ccc(OCc2ccccc2)cc1=O)S(C)(=O)=O. The Morgan fingerprint density at radius 3 is 2.37 bits per heavy atom. The molecule has 30 heavy (non-hydrogen) atoms. The van der Waals surface area contributed by atoms with Gasteiger partial charge in [-0.2, -0.15) is 0 Å². The van der Waals surface area contributed by atoms with Crippen LogP contribution in [-0.4, -0.2) is 36.6 Å². The molecule has 0 spiro atoms. The number of rotatable bonds is 10. The van der Waals surface area contributed by atoms with Crippen molar-refractivity contribution in [1.82, 2.24) is 4.57 Å². The number of ether oxygens (including phenoxy) is 2. The third-order valence-corrected chi connectivity index (χ3v) is 7.15. The van der Waals surface area contributed by atoms with Gasteiger partial charge in [0, 0.05) is 24.6 Å². The van der Waals surface area contributed by atoms with E-state index < -0.39 is 26.6 Å². The van der Waals surface area contributed by atoms with Crippen molar-refractivity contribution in [3.05, 3.63) is 64.6 Å². The Kier molecular flexibility index (Phi) is 7.83. The average Bonchev–Trinajstić information content (AvgIpc) is 2.71. The molecule has 0 saturated carbocycles. The first-order valence-corrected chi connectivity index (χ1v) is 11.8. The van der Waals surface area contributed by atoms with Gasteiger partial charge in [0.15, 0.2) is 14.6 Å². The van der Waals surface area contributed by atoms with Crippen molar-refractivity contribution in [3.63, 3.8) is 0 Å². The van der Waals surface area contributed by atoms with Crippen LogP contribution in [0, 0.1) is 0 Å². The fourth-order valence-corrected chi connectivity index (χ4v) is 4.02. The number of pyridine rings is 1. The van der Waals surface area contributed by atoms with Gasteiger partial charge >= 0.3 is 5.97 Å². The van der Waals surface area contributed by atoms with Gasteiger partial charge in [-0.15, -0.1) is 0 Å². The summed E-state index contributed by atoms with van der Waals surface area (Å²) in [5, 5.41) is 0. The quantitative estimate of drug-likeness (QED) is 0.533. The summed E-state index contributed by atoms with van der Waals surface area (Å²) in [5.41, 5.74) is 0.651. The molecule has 1 heterocycles. The van der Waals surface area contributed by atoms with E-state index >= 15 is 0 Å². The molecule has 0 aliphatic rings. The average molecular weight is 436 g/mol. The second kappa shape index (κ2) is 9.93. The summed E-state index contributed by atoms with van der Waals surface area (Å²) < 4.78 is 35.2. The summed E-state index contributed by atoms with van der Waals surface area (Å²) in [6, 6.07) is 12.1. The second-order valence-corrected chi connectivity index (χ2v) is 9.82. The smallest absolute Gasteiger partial charge is 0.327 e. The monoisotopic (exact) mass is 435 g/mol. The Morgan fingerprint density at radius 2 is 1.83 bits per heavy atom. The lowest BCUT2D eigenvalue weighted by molar-refractivity contribution is -0.146. The van der Waals surface area contributed by atoms with Crippen molar-refractivity contribution >= 4 is 15.8 Å². The molecule has 7 nitrogen and oxygen atoms in total. The van der Waals surface area contributed by atoms with Gasteiger partial charge in [0.2, 0.25) is 0 Å². The summed E-state index contributed by atoms with van der Waals surface area (Å²) in [6.07, 6.45) is 2.99. The molecule has 0 fully saturated rings. The first-order chi connectivity index (χ1) is 14.1. The minimum atomic E-state index is -3.77. The molecule has 2 atom stereocenters. The zero-order valence-electron chi connectivity index (χ0n) is 17.8. The van der Waals surface area contributed by atoms with Crippen LogP contribution in [0.5, 0.6) is 5.75 Å². The van der Waals surface area contributed by atoms with Crippen LogP contribution in [0.3, 0.4) is 0 Å². The molecule has 0 radical (unpaired) electrons. The molecule has 2 aromatic rings. The fraction of sp³-hybridized carbons (Fsp3) is 0.455. The van der Waals surface area contributed by atoms with Crippen LogP contribution in [0.25, 0.3) is 0 Å². The van der Waals surface area contributed by atoms with Gasteiger partial charge in [-0.1, -0.05) is 37.3 Å². The maximum absolute atomic E-state index is 12.7. The van der Waals surface area contributed by atoms with Crippen LogP contribution in [0.4, 0.5) is 0 Å². The number of hydrogen-bond acceptors (Lipinski definition) is 6. The Bertz CT molecular complexity index is 1020. The van der Waals surface area contributed by atoms with E-state index in [1.54, 1.807) is 19.2 Å². The van der Waals surface area contributed by atoms with E-state index in [1.807, 2.05) is 37.3 Å². The lowest BCUT2D eigenvalue weighted by Gasteiger charge is -2.30. The van der Waals surface area contributed by atoms with Crippen LogP contribution in [0.2, 0.25) is 0 Å². The van der Waals surface area contributed by atoms with Crippen LogP contribution >= 0.6 is 0 Å². The van der Waals surface area contributed by atoms with Gasteiger partial charge in [0.25, 0.3) is 5.56 Å². The van der Waals surface area contributed by atoms with E-state index in [-0.39, 0.29) is 18.6 Å². The summed E-state index contributed by atoms with van der Waals surface area (Å²) in [6.45, 7) is 5.22. The Morgan fingerprint density at radius 1 is 1.17 bits per heavy atom. The number of hydrogen-bond donors (Lipinski definition) is 0. The third kappa shape index (κ3) is 5.50. The number of benzene rings is 1. The van der Waals surface area contributed by atoms with E-state index in [2.05, 4.69) is 0 Å². The predicted octanol–water partition coefficient (Wildman–Crippen LogP) is 3.13. The molecule has 8 heteroatoms. The van der Waals surface area contributed by atoms with Gasteiger partial charge in [0.05, 0.1) is 6.61 Å². The first-order valence-electron chi connectivity index (χ1n) is 9.88. The third-order valence-electron chi connectivity index (χ3n) is 5.18. The van der Waals surface area contributed by atoms with Crippen LogP contribution in [-0.2, 0) is 26.0 Å². The Hall–Kier alpha value is -2.61.